The molecule has 1 aliphatic rings. The lowest BCUT2D eigenvalue weighted by molar-refractivity contribution is 0.225. The first kappa shape index (κ1) is 15.0. The van der Waals surface area contributed by atoms with Crippen LogP contribution >= 0.6 is 0 Å². The van der Waals surface area contributed by atoms with Crippen molar-refractivity contribution < 1.29 is 0 Å². The van der Waals surface area contributed by atoms with Crippen LogP contribution in [0.5, 0.6) is 0 Å². The number of hydrazine groups is 1. The maximum absolute atomic E-state index is 3.70. The summed E-state index contributed by atoms with van der Waals surface area (Å²) in [6.07, 6.45) is 6.85. The minimum absolute atomic E-state index is 0.710. The van der Waals surface area contributed by atoms with E-state index in [1.165, 1.54) is 38.6 Å². The highest BCUT2D eigenvalue weighted by molar-refractivity contribution is 4.89. The number of nitrogens with one attached hydrogen (secondary N) is 1. The van der Waals surface area contributed by atoms with Gasteiger partial charge in [0.15, 0.2) is 0 Å². The Hall–Kier alpha value is -0.0800. The summed E-state index contributed by atoms with van der Waals surface area (Å²) in [6, 6.07) is 0.710. The van der Waals surface area contributed by atoms with Crippen molar-refractivity contribution in [2.45, 2.75) is 65.8 Å². The molecule has 0 amide bonds. The first-order valence-electron chi connectivity index (χ1n) is 7.57. The van der Waals surface area contributed by atoms with Gasteiger partial charge in [-0.1, -0.05) is 53.4 Å². The van der Waals surface area contributed by atoms with Crippen LogP contribution in [0.15, 0.2) is 0 Å². The van der Waals surface area contributed by atoms with Gasteiger partial charge in [0.1, 0.15) is 0 Å². The van der Waals surface area contributed by atoms with Crippen molar-refractivity contribution in [1.29, 1.82) is 0 Å². The largest absolute Gasteiger partial charge is 0.252 e. The fourth-order valence-electron chi connectivity index (χ4n) is 3.21. The molecule has 2 heteroatoms. The third kappa shape index (κ3) is 4.26. The minimum Gasteiger partial charge on any atom is -0.252 e. The fourth-order valence-corrected chi connectivity index (χ4v) is 3.21. The van der Waals surface area contributed by atoms with E-state index < -0.39 is 0 Å². The molecule has 1 fully saturated rings. The van der Waals surface area contributed by atoms with Gasteiger partial charge in [-0.15, -0.1) is 0 Å². The molecule has 0 aromatic carbocycles. The molecule has 0 saturated carbocycles. The molecule has 3 unspecified atom stereocenters. The molecule has 0 aromatic heterocycles. The average Bonchev–Trinajstić information content (AvgIpc) is 2.67. The second-order valence-corrected chi connectivity index (χ2v) is 6.11. The van der Waals surface area contributed by atoms with E-state index in [0.29, 0.717) is 6.04 Å². The second-order valence-electron chi connectivity index (χ2n) is 6.11. The van der Waals surface area contributed by atoms with Gasteiger partial charge in [-0.2, -0.15) is 0 Å². The molecule has 3 atom stereocenters. The molecule has 1 N–H and O–H groups in total. The van der Waals surface area contributed by atoms with Crippen molar-refractivity contribution >= 4 is 0 Å². The van der Waals surface area contributed by atoms with Crippen LogP contribution in [0.1, 0.15) is 59.8 Å². The zero-order valence-electron chi connectivity index (χ0n) is 12.5. The Labute approximate surface area is 108 Å². The summed E-state index contributed by atoms with van der Waals surface area (Å²) in [7, 11) is 2.19. The van der Waals surface area contributed by atoms with Crippen LogP contribution in [0, 0.1) is 17.8 Å². The molecule has 102 valence electrons. The lowest BCUT2D eigenvalue weighted by atomic mass is 9.79. The standard InChI is InChI=1S/C15H32N2/c1-6-8-9-10-13(7-2)15-14(12(3)4)11-17(5)16-15/h12-16H,6-11H2,1-5H3. The first-order chi connectivity index (χ1) is 8.10. The lowest BCUT2D eigenvalue weighted by Crippen LogP contribution is -2.40. The molecule has 1 aliphatic heterocycles. The molecule has 1 rings (SSSR count). The normalized spacial score (nSPS) is 27.9. The summed E-state index contributed by atoms with van der Waals surface area (Å²) in [5.41, 5.74) is 3.70. The van der Waals surface area contributed by atoms with E-state index in [-0.39, 0.29) is 0 Å². The van der Waals surface area contributed by atoms with E-state index in [2.05, 4.69) is 45.2 Å². The molecular weight excluding hydrogens is 208 g/mol. The predicted octanol–water partition coefficient (Wildman–Crippen LogP) is 3.68. The van der Waals surface area contributed by atoms with Crippen LogP contribution in [0.3, 0.4) is 0 Å². The minimum atomic E-state index is 0.710. The zero-order chi connectivity index (χ0) is 12.8. The number of rotatable bonds is 7. The van der Waals surface area contributed by atoms with Crippen molar-refractivity contribution in [3.8, 4) is 0 Å². The number of hydrogen-bond acceptors (Lipinski definition) is 2. The second kappa shape index (κ2) is 7.38. The molecule has 1 saturated heterocycles. The topological polar surface area (TPSA) is 15.3 Å². The first-order valence-corrected chi connectivity index (χ1v) is 7.57. The Morgan fingerprint density at radius 1 is 1.24 bits per heavy atom. The van der Waals surface area contributed by atoms with Crippen molar-refractivity contribution in [3.63, 3.8) is 0 Å². The van der Waals surface area contributed by atoms with Gasteiger partial charge < -0.3 is 0 Å². The van der Waals surface area contributed by atoms with Crippen LogP contribution in [-0.4, -0.2) is 24.6 Å². The van der Waals surface area contributed by atoms with Gasteiger partial charge in [0.2, 0.25) is 0 Å². The van der Waals surface area contributed by atoms with Gasteiger partial charge in [0, 0.05) is 19.6 Å². The van der Waals surface area contributed by atoms with Crippen molar-refractivity contribution in [1.82, 2.24) is 10.4 Å². The van der Waals surface area contributed by atoms with Gasteiger partial charge in [-0.3, -0.25) is 5.43 Å². The number of unbranched alkanes of at least 4 members (excludes halogenated alkanes) is 2. The monoisotopic (exact) mass is 240 g/mol. The molecule has 0 spiro atoms. The van der Waals surface area contributed by atoms with Crippen molar-refractivity contribution in [2.24, 2.45) is 17.8 Å². The molecule has 2 nitrogen and oxygen atoms in total. The van der Waals surface area contributed by atoms with Crippen LogP contribution in [0.4, 0.5) is 0 Å². The lowest BCUT2D eigenvalue weighted by Gasteiger charge is -2.29. The van der Waals surface area contributed by atoms with E-state index in [9.17, 15) is 0 Å². The van der Waals surface area contributed by atoms with E-state index in [1.54, 1.807) is 0 Å². The van der Waals surface area contributed by atoms with Crippen LogP contribution in [0.25, 0.3) is 0 Å². The highest BCUT2D eigenvalue weighted by atomic mass is 15.5. The van der Waals surface area contributed by atoms with Gasteiger partial charge >= 0.3 is 0 Å². The summed E-state index contributed by atoms with van der Waals surface area (Å²) in [5, 5.41) is 2.30. The summed E-state index contributed by atoms with van der Waals surface area (Å²) in [6.45, 7) is 10.6. The Kier molecular flexibility index (Phi) is 6.50. The molecule has 1 heterocycles. The average molecular weight is 240 g/mol. The highest BCUT2D eigenvalue weighted by Gasteiger charge is 2.36. The van der Waals surface area contributed by atoms with Crippen molar-refractivity contribution in [2.75, 3.05) is 13.6 Å². The summed E-state index contributed by atoms with van der Waals surface area (Å²) in [4.78, 5) is 0. The molecule has 0 aliphatic carbocycles. The number of nitrogens with zero attached hydrogens (tertiary/aromatic N) is 1. The molecule has 0 radical (unpaired) electrons. The summed E-state index contributed by atoms with van der Waals surface area (Å²) >= 11 is 0. The maximum atomic E-state index is 3.70. The van der Waals surface area contributed by atoms with E-state index in [4.69, 9.17) is 0 Å². The van der Waals surface area contributed by atoms with Crippen LogP contribution < -0.4 is 5.43 Å². The Bertz CT molecular complexity index is 203. The Balaban J connectivity index is 2.53. The Morgan fingerprint density at radius 3 is 2.47 bits per heavy atom. The smallest absolute Gasteiger partial charge is 0.0286 e. The van der Waals surface area contributed by atoms with Crippen LogP contribution in [0.2, 0.25) is 0 Å². The third-order valence-electron chi connectivity index (χ3n) is 4.38. The molecular formula is C15H32N2. The van der Waals surface area contributed by atoms with Gasteiger partial charge in [-0.05, 0) is 24.2 Å². The molecule has 0 aromatic rings. The predicted molar refractivity (Wildman–Crippen MR) is 75.8 cm³/mol. The van der Waals surface area contributed by atoms with Crippen LogP contribution in [-0.2, 0) is 0 Å². The van der Waals surface area contributed by atoms with Gasteiger partial charge in [-0.25, -0.2) is 5.01 Å². The summed E-state index contributed by atoms with van der Waals surface area (Å²) < 4.78 is 0. The molecule has 17 heavy (non-hydrogen) atoms. The summed E-state index contributed by atoms with van der Waals surface area (Å²) in [5.74, 6) is 2.48. The SMILES string of the molecule is CCCCCC(CC)C1NN(C)CC1C(C)C. The fraction of sp³-hybridized carbons (Fsp3) is 1.00. The van der Waals surface area contributed by atoms with Gasteiger partial charge in [0.05, 0.1) is 0 Å². The maximum Gasteiger partial charge on any atom is 0.0286 e. The van der Waals surface area contributed by atoms with E-state index in [1.807, 2.05) is 0 Å². The van der Waals surface area contributed by atoms with Gasteiger partial charge in [0.25, 0.3) is 0 Å². The Morgan fingerprint density at radius 2 is 1.94 bits per heavy atom. The van der Waals surface area contributed by atoms with Crippen molar-refractivity contribution in [3.05, 3.63) is 0 Å². The zero-order valence-corrected chi connectivity index (χ0v) is 12.5. The molecule has 0 bridgehead atoms. The highest BCUT2D eigenvalue weighted by Crippen LogP contribution is 2.31. The van der Waals surface area contributed by atoms with E-state index in [0.717, 1.165) is 17.8 Å². The third-order valence-corrected chi connectivity index (χ3v) is 4.38. The number of hydrogen-bond donors (Lipinski definition) is 1. The quantitative estimate of drug-likeness (QED) is 0.683. The van der Waals surface area contributed by atoms with E-state index >= 15 is 0 Å².